The molecule has 1 N–H and O–H groups in total. The second kappa shape index (κ2) is 7.21. The van der Waals surface area contributed by atoms with E-state index in [2.05, 4.69) is 51.2 Å². The molecular formula is C15H25NO. The Bertz CT molecular complexity index is 336. The van der Waals surface area contributed by atoms with Crippen molar-refractivity contribution in [2.75, 3.05) is 11.9 Å². The lowest BCUT2D eigenvalue weighted by molar-refractivity contribution is 0.318. The molecule has 0 aromatic heterocycles. The quantitative estimate of drug-likeness (QED) is 0.757. The third-order valence-corrected chi connectivity index (χ3v) is 2.72. The molecule has 0 aliphatic carbocycles. The Morgan fingerprint density at radius 3 is 2.65 bits per heavy atom. The lowest BCUT2D eigenvalue weighted by Gasteiger charge is -2.18. The van der Waals surface area contributed by atoms with Gasteiger partial charge in [-0.25, -0.2) is 0 Å². The highest BCUT2D eigenvalue weighted by Crippen LogP contribution is 2.27. The summed E-state index contributed by atoms with van der Waals surface area (Å²) < 4.78 is 5.78. The zero-order valence-corrected chi connectivity index (χ0v) is 11.5. The number of aryl methyl sites for hydroxylation is 1. The minimum atomic E-state index is 0.492. The summed E-state index contributed by atoms with van der Waals surface area (Å²) in [6.07, 6.45) is 3.42. The molecule has 96 valence electrons. The van der Waals surface area contributed by atoms with Crippen molar-refractivity contribution < 1.29 is 4.74 Å². The minimum Gasteiger partial charge on any atom is -0.491 e. The average molecular weight is 235 g/mol. The van der Waals surface area contributed by atoms with Crippen LogP contribution in [0.1, 0.15) is 45.6 Å². The summed E-state index contributed by atoms with van der Waals surface area (Å²) in [6, 6.07) is 6.84. The fraction of sp³-hybridized carbons (Fsp3) is 0.600. The Labute approximate surface area is 105 Å². The Hall–Kier alpha value is -1.18. The van der Waals surface area contributed by atoms with Crippen molar-refractivity contribution in [3.05, 3.63) is 23.8 Å². The van der Waals surface area contributed by atoms with E-state index in [1.807, 2.05) is 0 Å². The molecule has 0 spiro atoms. The van der Waals surface area contributed by atoms with Crippen molar-refractivity contribution in [2.45, 2.75) is 53.0 Å². The van der Waals surface area contributed by atoms with Gasteiger partial charge in [0.2, 0.25) is 0 Å². The molecule has 0 saturated carbocycles. The van der Waals surface area contributed by atoms with Crippen molar-refractivity contribution in [1.82, 2.24) is 0 Å². The maximum atomic E-state index is 5.78. The Kier molecular flexibility index (Phi) is 5.88. The van der Waals surface area contributed by atoms with Gasteiger partial charge < -0.3 is 10.1 Å². The van der Waals surface area contributed by atoms with E-state index < -0.39 is 0 Å². The molecule has 0 saturated heterocycles. The van der Waals surface area contributed by atoms with Gasteiger partial charge in [-0.15, -0.1) is 0 Å². The maximum absolute atomic E-state index is 5.78. The van der Waals surface area contributed by atoms with Crippen LogP contribution >= 0.6 is 0 Å². The van der Waals surface area contributed by atoms with Gasteiger partial charge in [-0.3, -0.25) is 0 Å². The highest BCUT2D eigenvalue weighted by molar-refractivity contribution is 5.58. The predicted octanol–water partition coefficient (Wildman–Crippen LogP) is 4.38. The van der Waals surface area contributed by atoms with Crippen molar-refractivity contribution in [2.24, 2.45) is 0 Å². The molecule has 2 heteroatoms. The number of hydrogen-bond acceptors (Lipinski definition) is 2. The largest absolute Gasteiger partial charge is 0.491 e. The third-order valence-electron chi connectivity index (χ3n) is 2.72. The molecule has 2 nitrogen and oxygen atoms in total. The van der Waals surface area contributed by atoms with E-state index in [1.165, 1.54) is 18.4 Å². The van der Waals surface area contributed by atoms with Crippen LogP contribution in [0.2, 0.25) is 0 Å². The van der Waals surface area contributed by atoms with E-state index in [-0.39, 0.29) is 0 Å². The lowest BCUT2D eigenvalue weighted by atomic mass is 10.1. The second-order valence-electron chi connectivity index (χ2n) is 4.68. The highest BCUT2D eigenvalue weighted by atomic mass is 16.5. The molecule has 1 rings (SSSR count). The lowest BCUT2D eigenvalue weighted by Crippen LogP contribution is -2.15. The van der Waals surface area contributed by atoms with Crippen molar-refractivity contribution in [1.29, 1.82) is 0 Å². The van der Waals surface area contributed by atoms with Gasteiger partial charge in [-0.1, -0.05) is 26.3 Å². The van der Waals surface area contributed by atoms with Gasteiger partial charge >= 0.3 is 0 Å². The first kappa shape index (κ1) is 13.9. The summed E-state index contributed by atoms with van der Waals surface area (Å²) in [5.74, 6) is 0.981. The molecule has 0 aliphatic rings. The van der Waals surface area contributed by atoms with Crippen LogP contribution in [-0.4, -0.2) is 12.6 Å². The summed E-state index contributed by atoms with van der Waals surface area (Å²) in [5, 5.41) is 3.52. The number of ether oxygens (including phenoxy) is 1. The number of hydrogen-bond donors (Lipinski definition) is 1. The molecule has 0 bridgehead atoms. The normalized spacial score (nSPS) is 12.2. The average Bonchev–Trinajstić information content (AvgIpc) is 2.30. The van der Waals surface area contributed by atoms with Crippen LogP contribution in [0.25, 0.3) is 0 Å². The highest BCUT2D eigenvalue weighted by Gasteiger charge is 2.07. The van der Waals surface area contributed by atoms with E-state index >= 15 is 0 Å². The van der Waals surface area contributed by atoms with E-state index in [4.69, 9.17) is 4.74 Å². The van der Waals surface area contributed by atoms with E-state index in [0.717, 1.165) is 24.5 Å². The summed E-state index contributed by atoms with van der Waals surface area (Å²) >= 11 is 0. The zero-order valence-electron chi connectivity index (χ0n) is 11.5. The van der Waals surface area contributed by atoms with Crippen LogP contribution in [0, 0.1) is 6.92 Å². The summed E-state index contributed by atoms with van der Waals surface area (Å²) in [7, 11) is 0. The second-order valence-corrected chi connectivity index (χ2v) is 4.68. The van der Waals surface area contributed by atoms with Crippen molar-refractivity contribution in [3.8, 4) is 5.75 Å². The van der Waals surface area contributed by atoms with Gasteiger partial charge in [0.15, 0.2) is 0 Å². The first-order valence-corrected chi connectivity index (χ1v) is 6.67. The number of benzene rings is 1. The summed E-state index contributed by atoms with van der Waals surface area (Å²) in [4.78, 5) is 0. The Morgan fingerprint density at radius 1 is 1.24 bits per heavy atom. The van der Waals surface area contributed by atoms with Crippen LogP contribution in [0.5, 0.6) is 5.75 Å². The number of anilines is 1. The first-order chi connectivity index (χ1) is 8.17. The summed E-state index contributed by atoms with van der Waals surface area (Å²) in [5.41, 5.74) is 2.36. The van der Waals surface area contributed by atoms with Gasteiger partial charge in [0.05, 0.1) is 12.3 Å². The fourth-order valence-corrected chi connectivity index (χ4v) is 1.85. The Balaban J connectivity index is 2.74. The topological polar surface area (TPSA) is 21.3 Å². The van der Waals surface area contributed by atoms with Gasteiger partial charge in [-0.05, 0) is 44.4 Å². The van der Waals surface area contributed by atoms with Crippen LogP contribution in [0.4, 0.5) is 5.69 Å². The van der Waals surface area contributed by atoms with Crippen LogP contribution in [0.3, 0.4) is 0 Å². The molecule has 0 radical (unpaired) electrons. The van der Waals surface area contributed by atoms with Crippen LogP contribution < -0.4 is 10.1 Å². The standard InChI is InChI=1S/C15H25NO/c1-5-7-13(4)16-14-9-8-12(3)11-15(14)17-10-6-2/h8-9,11,13,16H,5-7,10H2,1-4H3. The molecule has 1 unspecified atom stereocenters. The predicted molar refractivity (Wildman–Crippen MR) is 75.0 cm³/mol. The molecule has 0 fully saturated rings. The molecule has 1 aromatic rings. The van der Waals surface area contributed by atoms with Crippen LogP contribution in [-0.2, 0) is 0 Å². The van der Waals surface area contributed by atoms with Gasteiger partial charge in [0.25, 0.3) is 0 Å². The molecule has 1 atom stereocenters. The van der Waals surface area contributed by atoms with Gasteiger partial charge in [0.1, 0.15) is 5.75 Å². The maximum Gasteiger partial charge on any atom is 0.142 e. The Morgan fingerprint density at radius 2 is 2.00 bits per heavy atom. The molecular weight excluding hydrogens is 210 g/mol. The SMILES string of the molecule is CCCOc1cc(C)ccc1NC(C)CCC. The van der Waals surface area contributed by atoms with E-state index in [1.54, 1.807) is 0 Å². The van der Waals surface area contributed by atoms with Crippen molar-refractivity contribution in [3.63, 3.8) is 0 Å². The molecule has 0 aliphatic heterocycles. The smallest absolute Gasteiger partial charge is 0.142 e. The molecule has 17 heavy (non-hydrogen) atoms. The van der Waals surface area contributed by atoms with Crippen molar-refractivity contribution >= 4 is 5.69 Å². The minimum absolute atomic E-state index is 0.492. The number of nitrogens with one attached hydrogen (secondary N) is 1. The van der Waals surface area contributed by atoms with E-state index in [9.17, 15) is 0 Å². The van der Waals surface area contributed by atoms with Gasteiger partial charge in [0, 0.05) is 6.04 Å². The monoisotopic (exact) mass is 235 g/mol. The third kappa shape index (κ3) is 4.68. The van der Waals surface area contributed by atoms with E-state index in [0.29, 0.717) is 6.04 Å². The summed E-state index contributed by atoms with van der Waals surface area (Å²) in [6.45, 7) is 9.43. The molecule has 0 heterocycles. The molecule has 1 aromatic carbocycles. The van der Waals surface area contributed by atoms with Crippen LogP contribution in [0.15, 0.2) is 18.2 Å². The molecule has 0 amide bonds. The fourth-order valence-electron chi connectivity index (χ4n) is 1.85. The van der Waals surface area contributed by atoms with Gasteiger partial charge in [-0.2, -0.15) is 0 Å². The zero-order chi connectivity index (χ0) is 12.7. The number of rotatable bonds is 7. The first-order valence-electron chi connectivity index (χ1n) is 6.67.